The van der Waals surface area contributed by atoms with Gasteiger partial charge in [-0.25, -0.2) is 0 Å². The zero-order chi connectivity index (χ0) is 24.6. The third-order valence-corrected chi connectivity index (χ3v) is 7.72. The first-order chi connectivity index (χ1) is 17.8. The lowest BCUT2D eigenvalue weighted by atomic mass is 10.1. The molecule has 0 radical (unpaired) electrons. The monoisotopic (exact) mass is 494 g/mol. The van der Waals surface area contributed by atoms with Crippen LogP contribution >= 0.6 is 0 Å². The number of likely N-dealkylation sites (tertiary alicyclic amines) is 1. The van der Waals surface area contributed by atoms with Gasteiger partial charge in [-0.15, -0.1) is 0 Å². The molecule has 1 aromatic carbocycles. The fourth-order valence-corrected chi connectivity index (χ4v) is 5.64. The number of hydrogen-bond donors (Lipinski definition) is 3. The van der Waals surface area contributed by atoms with Gasteiger partial charge in [0, 0.05) is 43.1 Å². The quantitative estimate of drug-likeness (QED) is 0.436. The van der Waals surface area contributed by atoms with Crippen molar-refractivity contribution in [3.05, 3.63) is 24.3 Å². The highest BCUT2D eigenvalue weighted by Gasteiger charge is 2.23. The van der Waals surface area contributed by atoms with Crippen molar-refractivity contribution in [2.75, 3.05) is 66.8 Å². The normalized spacial score (nSPS) is 21.8. The first kappa shape index (κ1) is 25.0. The summed E-state index contributed by atoms with van der Waals surface area (Å²) in [5.74, 6) is 1.86. The highest BCUT2D eigenvalue weighted by atomic mass is 16.5. The first-order valence-corrected chi connectivity index (χ1v) is 14.0. The predicted octanol–water partition coefficient (Wildman–Crippen LogP) is 4.48. The number of nitrogens with one attached hydrogen (secondary N) is 3. The van der Waals surface area contributed by atoms with Gasteiger partial charge in [0.2, 0.25) is 17.8 Å². The van der Waals surface area contributed by atoms with Crippen LogP contribution in [0.1, 0.15) is 58.3 Å². The Hall–Kier alpha value is -2.65. The summed E-state index contributed by atoms with van der Waals surface area (Å²) >= 11 is 0. The minimum Gasteiger partial charge on any atom is -0.378 e. The molecule has 2 aromatic rings. The number of morpholine rings is 1. The van der Waals surface area contributed by atoms with E-state index in [1.165, 1.54) is 63.6 Å². The zero-order valence-corrected chi connectivity index (χ0v) is 21.7. The molecule has 2 aliphatic heterocycles. The second-order valence-corrected chi connectivity index (χ2v) is 10.2. The van der Waals surface area contributed by atoms with E-state index in [0.717, 1.165) is 45.1 Å². The largest absolute Gasteiger partial charge is 0.378 e. The molecule has 36 heavy (non-hydrogen) atoms. The van der Waals surface area contributed by atoms with Crippen molar-refractivity contribution in [1.82, 2.24) is 19.9 Å². The van der Waals surface area contributed by atoms with Gasteiger partial charge in [-0.05, 0) is 63.0 Å². The molecule has 0 bridgehead atoms. The van der Waals surface area contributed by atoms with Crippen LogP contribution in [-0.4, -0.2) is 77.9 Å². The molecule has 0 amide bonds. The van der Waals surface area contributed by atoms with E-state index in [1.807, 2.05) is 0 Å². The molecular formula is C27H42N8O. The summed E-state index contributed by atoms with van der Waals surface area (Å²) in [6.07, 6.45) is 10.0. The molecule has 196 valence electrons. The van der Waals surface area contributed by atoms with E-state index in [0.29, 0.717) is 29.9 Å². The van der Waals surface area contributed by atoms with Crippen molar-refractivity contribution in [1.29, 1.82) is 0 Å². The number of benzene rings is 1. The van der Waals surface area contributed by atoms with Gasteiger partial charge in [0.25, 0.3) is 0 Å². The van der Waals surface area contributed by atoms with E-state index in [1.54, 1.807) is 0 Å². The molecule has 3 fully saturated rings. The maximum Gasteiger partial charge on any atom is 0.233 e. The van der Waals surface area contributed by atoms with E-state index in [4.69, 9.17) is 19.7 Å². The Morgan fingerprint density at radius 3 is 2.31 bits per heavy atom. The average Bonchev–Trinajstić information content (AvgIpc) is 3.23. The number of hydrogen-bond acceptors (Lipinski definition) is 9. The summed E-state index contributed by atoms with van der Waals surface area (Å²) in [6, 6.07) is 9.45. The lowest BCUT2D eigenvalue weighted by Crippen LogP contribution is -2.36. The maximum atomic E-state index is 5.48. The second kappa shape index (κ2) is 12.5. The molecule has 5 rings (SSSR count). The minimum atomic E-state index is 0.425. The predicted molar refractivity (Wildman–Crippen MR) is 146 cm³/mol. The summed E-state index contributed by atoms with van der Waals surface area (Å²) in [6.45, 7) is 8.80. The summed E-state index contributed by atoms with van der Waals surface area (Å²) < 4.78 is 5.48. The highest BCUT2D eigenvalue weighted by molar-refractivity contribution is 5.60. The molecule has 0 spiro atoms. The second-order valence-electron chi connectivity index (χ2n) is 10.2. The highest BCUT2D eigenvalue weighted by Crippen LogP contribution is 2.24. The number of likely N-dealkylation sites (N-methyl/N-ethyl adjacent to an activating group) is 1. The molecule has 9 nitrogen and oxygen atoms in total. The van der Waals surface area contributed by atoms with Gasteiger partial charge < -0.3 is 25.6 Å². The van der Waals surface area contributed by atoms with Gasteiger partial charge in [-0.2, -0.15) is 15.0 Å². The van der Waals surface area contributed by atoms with Crippen LogP contribution in [0.3, 0.4) is 0 Å². The number of ether oxygens (including phenoxy) is 1. The lowest BCUT2D eigenvalue weighted by Gasteiger charge is -2.28. The fraction of sp³-hybridized carbons (Fsp3) is 0.667. The third kappa shape index (κ3) is 6.76. The van der Waals surface area contributed by atoms with Crippen LogP contribution in [0.2, 0.25) is 0 Å². The SMILES string of the molecule is CCN1CCCC1CNc1nc(Nc2ccc(N3CCOCC3)cc2)nc(NC2CCCCCC2)n1. The Bertz CT molecular complexity index is 941. The van der Waals surface area contributed by atoms with E-state index in [-0.39, 0.29) is 0 Å². The van der Waals surface area contributed by atoms with Gasteiger partial charge in [0.05, 0.1) is 13.2 Å². The molecule has 9 heteroatoms. The van der Waals surface area contributed by atoms with Crippen LogP contribution in [0.15, 0.2) is 24.3 Å². The molecule has 1 atom stereocenters. The first-order valence-electron chi connectivity index (χ1n) is 14.0. The van der Waals surface area contributed by atoms with Crippen LogP contribution in [0.5, 0.6) is 0 Å². The topological polar surface area (TPSA) is 90.5 Å². The molecule has 3 aliphatic rings. The van der Waals surface area contributed by atoms with Crippen LogP contribution in [-0.2, 0) is 4.74 Å². The molecule has 3 heterocycles. The molecule has 1 saturated carbocycles. The van der Waals surface area contributed by atoms with Gasteiger partial charge in [0.1, 0.15) is 0 Å². The Labute approximate surface area is 215 Å². The standard InChI is InChI=1S/C27H42N8O/c1-2-34-15-7-10-24(34)20-28-25-31-26(29-21-8-5-3-4-6-9-21)33-27(32-25)30-22-11-13-23(14-12-22)35-16-18-36-19-17-35/h11-14,21,24H,2-10,15-20H2,1H3,(H3,28,29,30,31,32,33). The van der Waals surface area contributed by atoms with Crippen LogP contribution in [0, 0.1) is 0 Å². The van der Waals surface area contributed by atoms with E-state index < -0.39 is 0 Å². The number of rotatable bonds is 9. The van der Waals surface area contributed by atoms with E-state index >= 15 is 0 Å². The van der Waals surface area contributed by atoms with Crippen molar-refractivity contribution in [2.24, 2.45) is 0 Å². The van der Waals surface area contributed by atoms with E-state index in [9.17, 15) is 0 Å². The molecule has 1 aromatic heterocycles. The fourth-order valence-electron chi connectivity index (χ4n) is 5.64. The molecule has 1 aliphatic carbocycles. The summed E-state index contributed by atoms with van der Waals surface area (Å²) in [5, 5.41) is 10.5. The van der Waals surface area contributed by atoms with Gasteiger partial charge in [0.15, 0.2) is 0 Å². The third-order valence-electron chi connectivity index (χ3n) is 7.72. The number of anilines is 5. The Kier molecular flexibility index (Phi) is 8.72. The summed E-state index contributed by atoms with van der Waals surface area (Å²) in [7, 11) is 0. The molecule has 3 N–H and O–H groups in total. The summed E-state index contributed by atoms with van der Waals surface area (Å²) in [4.78, 5) is 19.1. The number of nitrogens with zero attached hydrogens (tertiary/aromatic N) is 5. The molecular weight excluding hydrogens is 452 g/mol. The van der Waals surface area contributed by atoms with Gasteiger partial charge in [-0.1, -0.05) is 32.6 Å². The van der Waals surface area contributed by atoms with Crippen LogP contribution in [0.25, 0.3) is 0 Å². The average molecular weight is 495 g/mol. The van der Waals surface area contributed by atoms with Crippen molar-refractivity contribution >= 4 is 29.2 Å². The van der Waals surface area contributed by atoms with E-state index in [2.05, 4.69) is 56.9 Å². The zero-order valence-electron chi connectivity index (χ0n) is 21.7. The Morgan fingerprint density at radius 1 is 0.833 bits per heavy atom. The van der Waals surface area contributed by atoms with Crippen molar-refractivity contribution < 1.29 is 4.74 Å². The lowest BCUT2D eigenvalue weighted by molar-refractivity contribution is 0.122. The van der Waals surface area contributed by atoms with Crippen molar-refractivity contribution in [2.45, 2.75) is 70.4 Å². The van der Waals surface area contributed by atoms with Crippen molar-refractivity contribution in [3.63, 3.8) is 0 Å². The van der Waals surface area contributed by atoms with Gasteiger partial charge in [-0.3, -0.25) is 4.90 Å². The maximum absolute atomic E-state index is 5.48. The van der Waals surface area contributed by atoms with Gasteiger partial charge >= 0.3 is 0 Å². The van der Waals surface area contributed by atoms with Crippen molar-refractivity contribution in [3.8, 4) is 0 Å². The molecule has 2 saturated heterocycles. The minimum absolute atomic E-state index is 0.425. The van der Waals surface area contributed by atoms with Crippen LogP contribution < -0.4 is 20.9 Å². The number of aromatic nitrogens is 3. The van der Waals surface area contributed by atoms with Crippen LogP contribution in [0.4, 0.5) is 29.2 Å². The Morgan fingerprint density at radius 2 is 1.56 bits per heavy atom. The Balaban J connectivity index is 1.29. The smallest absolute Gasteiger partial charge is 0.233 e. The summed E-state index contributed by atoms with van der Waals surface area (Å²) in [5.41, 5.74) is 2.19. The molecule has 1 unspecified atom stereocenters.